The lowest BCUT2D eigenvalue weighted by Crippen LogP contribution is -2.46. The lowest BCUT2D eigenvalue weighted by atomic mass is 10.2. The van der Waals surface area contributed by atoms with Crippen LogP contribution in [-0.2, 0) is 14.3 Å². The van der Waals surface area contributed by atoms with Gasteiger partial charge in [-0.15, -0.1) is 0 Å². The molecular formula is C15H22N2O4. The van der Waals surface area contributed by atoms with Crippen LogP contribution < -0.4 is 0 Å². The number of aromatic nitrogens is 1. The van der Waals surface area contributed by atoms with Crippen LogP contribution in [0.5, 0.6) is 0 Å². The first-order valence-corrected chi connectivity index (χ1v) is 7.17. The van der Waals surface area contributed by atoms with Crippen LogP contribution >= 0.6 is 0 Å². The average molecular weight is 294 g/mol. The third-order valence-corrected chi connectivity index (χ3v) is 3.60. The number of esters is 1. The van der Waals surface area contributed by atoms with E-state index in [-0.39, 0.29) is 30.4 Å². The number of carbonyl (C=O) groups is 2. The van der Waals surface area contributed by atoms with Crippen LogP contribution in [0.15, 0.2) is 18.3 Å². The molecule has 1 aliphatic heterocycles. The van der Waals surface area contributed by atoms with Crippen molar-refractivity contribution in [3.8, 4) is 0 Å². The first-order chi connectivity index (χ1) is 10.0. The van der Waals surface area contributed by atoms with Gasteiger partial charge in [0, 0.05) is 25.3 Å². The minimum atomic E-state index is -0.320. The highest BCUT2D eigenvalue weighted by Gasteiger charge is 2.28. The van der Waals surface area contributed by atoms with E-state index < -0.39 is 0 Å². The van der Waals surface area contributed by atoms with E-state index in [1.165, 1.54) is 7.11 Å². The predicted octanol–water partition coefficient (Wildman–Crippen LogP) is 1.47. The van der Waals surface area contributed by atoms with Crippen molar-refractivity contribution >= 4 is 11.9 Å². The summed E-state index contributed by atoms with van der Waals surface area (Å²) in [6, 6.07) is 3.93. The first-order valence-electron chi connectivity index (χ1n) is 7.17. The number of nitrogens with zero attached hydrogens (tertiary/aromatic N) is 2. The van der Waals surface area contributed by atoms with Crippen LogP contribution in [0.3, 0.4) is 0 Å². The molecule has 6 heteroatoms. The Labute approximate surface area is 124 Å². The van der Waals surface area contributed by atoms with Gasteiger partial charge in [-0.3, -0.25) is 9.59 Å². The molecule has 1 aromatic rings. The Morgan fingerprint density at radius 2 is 2.24 bits per heavy atom. The van der Waals surface area contributed by atoms with Crippen LogP contribution in [0.4, 0.5) is 0 Å². The van der Waals surface area contributed by atoms with Crippen molar-refractivity contribution in [2.24, 2.45) is 0 Å². The maximum absolute atomic E-state index is 12.6. The van der Waals surface area contributed by atoms with E-state index in [1.54, 1.807) is 4.90 Å². The zero-order chi connectivity index (χ0) is 15.4. The van der Waals surface area contributed by atoms with E-state index in [0.717, 1.165) is 0 Å². The van der Waals surface area contributed by atoms with Crippen molar-refractivity contribution in [1.82, 2.24) is 9.47 Å². The smallest absolute Gasteiger partial charge is 0.308 e. The molecule has 1 fully saturated rings. The third-order valence-electron chi connectivity index (χ3n) is 3.60. The molecule has 0 spiro atoms. The van der Waals surface area contributed by atoms with Gasteiger partial charge in [0.2, 0.25) is 0 Å². The summed E-state index contributed by atoms with van der Waals surface area (Å²) in [5.74, 6) is -0.341. The van der Waals surface area contributed by atoms with E-state index in [9.17, 15) is 9.59 Å². The quantitative estimate of drug-likeness (QED) is 0.789. The van der Waals surface area contributed by atoms with Crippen LogP contribution in [0, 0.1) is 0 Å². The second-order valence-electron chi connectivity index (χ2n) is 5.42. The molecule has 0 N–H and O–H groups in total. The predicted molar refractivity (Wildman–Crippen MR) is 77.1 cm³/mol. The zero-order valence-corrected chi connectivity index (χ0v) is 12.7. The molecule has 0 radical (unpaired) electrons. The highest BCUT2D eigenvalue weighted by Crippen LogP contribution is 2.16. The van der Waals surface area contributed by atoms with Crippen molar-refractivity contribution < 1.29 is 19.1 Å². The highest BCUT2D eigenvalue weighted by molar-refractivity contribution is 5.93. The van der Waals surface area contributed by atoms with Gasteiger partial charge in [-0.2, -0.15) is 0 Å². The fourth-order valence-corrected chi connectivity index (χ4v) is 2.48. The van der Waals surface area contributed by atoms with Gasteiger partial charge in [0.15, 0.2) is 0 Å². The number of rotatable bonds is 4. The van der Waals surface area contributed by atoms with Gasteiger partial charge in [-0.1, -0.05) is 0 Å². The standard InChI is InChI=1S/C15H22N2O4/c1-11(2)17-6-4-5-13(17)15(19)16-7-8-21-12(10-16)9-14(18)20-3/h4-6,11-12H,7-10H2,1-3H3. The average Bonchev–Trinajstić information content (AvgIpc) is 2.96. The molecule has 1 aromatic heterocycles. The fraction of sp³-hybridized carbons (Fsp3) is 0.600. The summed E-state index contributed by atoms with van der Waals surface area (Å²) in [6.45, 7) is 5.47. The Morgan fingerprint density at radius 1 is 1.48 bits per heavy atom. The van der Waals surface area contributed by atoms with Gasteiger partial charge < -0.3 is 18.9 Å². The lowest BCUT2D eigenvalue weighted by molar-refractivity contribution is -0.145. The topological polar surface area (TPSA) is 60.8 Å². The molecule has 2 heterocycles. The van der Waals surface area contributed by atoms with Crippen molar-refractivity contribution in [2.75, 3.05) is 26.8 Å². The molecular weight excluding hydrogens is 272 g/mol. The number of morpholine rings is 1. The molecule has 0 aromatic carbocycles. The van der Waals surface area contributed by atoms with E-state index in [4.69, 9.17) is 4.74 Å². The molecule has 1 atom stereocenters. The normalized spacial score (nSPS) is 18.9. The summed E-state index contributed by atoms with van der Waals surface area (Å²) in [6.07, 6.45) is 1.79. The highest BCUT2D eigenvalue weighted by atomic mass is 16.5. The van der Waals surface area contributed by atoms with Crippen molar-refractivity contribution in [2.45, 2.75) is 32.4 Å². The second-order valence-corrected chi connectivity index (χ2v) is 5.42. The second kappa shape index (κ2) is 6.76. The first kappa shape index (κ1) is 15.6. The Bertz CT molecular complexity index is 510. The summed E-state index contributed by atoms with van der Waals surface area (Å²) >= 11 is 0. The van der Waals surface area contributed by atoms with Gasteiger partial charge in [0.05, 0.1) is 26.2 Å². The summed E-state index contributed by atoms with van der Waals surface area (Å²) in [5, 5.41) is 0. The monoisotopic (exact) mass is 294 g/mol. The molecule has 0 saturated carbocycles. The summed E-state index contributed by atoms with van der Waals surface area (Å²) < 4.78 is 12.1. The minimum Gasteiger partial charge on any atom is -0.469 e. The lowest BCUT2D eigenvalue weighted by Gasteiger charge is -2.33. The molecule has 21 heavy (non-hydrogen) atoms. The minimum absolute atomic E-state index is 0.0214. The summed E-state index contributed by atoms with van der Waals surface area (Å²) in [7, 11) is 1.35. The van der Waals surface area contributed by atoms with Crippen LogP contribution in [-0.4, -0.2) is 54.3 Å². The van der Waals surface area contributed by atoms with Gasteiger partial charge >= 0.3 is 5.97 Å². The number of ether oxygens (including phenoxy) is 2. The summed E-state index contributed by atoms with van der Waals surface area (Å²) in [5.41, 5.74) is 0.670. The molecule has 1 amide bonds. The number of methoxy groups -OCH3 is 1. The van der Waals surface area contributed by atoms with E-state index in [1.807, 2.05) is 36.7 Å². The van der Waals surface area contributed by atoms with Crippen molar-refractivity contribution in [3.05, 3.63) is 24.0 Å². The molecule has 1 unspecified atom stereocenters. The Balaban J connectivity index is 2.05. The number of amides is 1. The molecule has 1 aliphatic rings. The Hall–Kier alpha value is -1.82. The van der Waals surface area contributed by atoms with Crippen molar-refractivity contribution in [3.63, 3.8) is 0 Å². The number of hydrogen-bond donors (Lipinski definition) is 0. The molecule has 2 rings (SSSR count). The Morgan fingerprint density at radius 3 is 2.90 bits per heavy atom. The van der Waals surface area contributed by atoms with Gasteiger partial charge in [0.25, 0.3) is 5.91 Å². The molecule has 0 aliphatic carbocycles. The molecule has 1 saturated heterocycles. The fourth-order valence-electron chi connectivity index (χ4n) is 2.48. The van der Waals surface area contributed by atoms with Crippen LogP contribution in [0.1, 0.15) is 36.8 Å². The molecule has 0 bridgehead atoms. The van der Waals surface area contributed by atoms with Gasteiger partial charge in [0.1, 0.15) is 5.69 Å². The Kier molecular flexibility index (Phi) is 5.01. The molecule has 6 nitrogen and oxygen atoms in total. The number of hydrogen-bond acceptors (Lipinski definition) is 4. The van der Waals surface area contributed by atoms with E-state index >= 15 is 0 Å². The van der Waals surface area contributed by atoms with Gasteiger partial charge in [-0.05, 0) is 26.0 Å². The SMILES string of the molecule is COC(=O)CC1CN(C(=O)c2cccn2C(C)C)CCO1. The van der Waals surface area contributed by atoms with Crippen LogP contribution in [0.2, 0.25) is 0 Å². The van der Waals surface area contributed by atoms with Gasteiger partial charge in [-0.25, -0.2) is 0 Å². The maximum atomic E-state index is 12.6. The van der Waals surface area contributed by atoms with Crippen molar-refractivity contribution in [1.29, 1.82) is 0 Å². The molecule has 116 valence electrons. The third kappa shape index (κ3) is 3.64. The maximum Gasteiger partial charge on any atom is 0.308 e. The largest absolute Gasteiger partial charge is 0.469 e. The number of carbonyl (C=O) groups excluding carboxylic acids is 2. The summed E-state index contributed by atoms with van der Waals surface area (Å²) in [4.78, 5) is 25.7. The van der Waals surface area contributed by atoms with E-state index in [2.05, 4.69) is 4.74 Å². The van der Waals surface area contributed by atoms with E-state index in [0.29, 0.717) is 25.4 Å². The zero-order valence-electron chi connectivity index (χ0n) is 12.7. The van der Waals surface area contributed by atoms with Crippen LogP contribution in [0.25, 0.3) is 0 Å².